The molecule has 1 fully saturated rings. The van der Waals surface area contributed by atoms with E-state index in [1.807, 2.05) is 6.07 Å². The minimum atomic E-state index is 0. The van der Waals surface area contributed by atoms with E-state index in [9.17, 15) is 0 Å². The van der Waals surface area contributed by atoms with Gasteiger partial charge in [-0.2, -0.15) is 0 Å². The third-order valence-corrected chi connectivity index (χ3v) is 4.65. The number of piperidine rings is 1. The molecular formula is C21H29ClN2O. The summed E-state index contributed by atoms with van der Waals surface area (Å²) in [5.74, 6) is 1.75. The third kappa shape index (κ3) is 6.69. The fourth-order valence-electron chi connectivity index (χ4n) is 3.10. The van der Waals surface area contributed by atoms with E-state index in [2.05, 4.69) is 60.0 Å². The van der Waals surface area contributed by atoms with Gasteiger partial charge in [0.25, 0.3) is 0 Å². The molecule has 0 unspecified atom stereocenters. The predicted molar refractivity (Wildman–Crippen MR) is 107 cm³/mol. The minimum Gasteiger partial charge on any atom is -0.489 e. The van der Waals surface area contributed by atoms with Crippen molar-refractivity contribution >= 4 is 12.4 Å². The highest BCUT2D eigenvalue weighted by atomic mass is 35.5. The van der Waals surface area contributed by atoms with Crippen molar-refractivity contribution in [1.29, 1.82) is 0 Å². The minimum absolute atomic E-state index is 0. The summed E-state index contributed by atoms with van der Waals surface area (Å²) < 4.78 is 5.93. The van der Waals surface area contributed by atoms with Crippen molar-refractivity contribution in [3.8, 4) is 5.75 Å². The highest BCUT2D eigenvalue weighted by Crippen LogP contribution is 2.16. The van der Waals surface area contributed by atoms with Gasteiger partial charge in [0.2, 0.25) is 0 Å². The molecule has 0 aliphatic carbocycles. The van der Waals surface area contributed by atoms with Crippen molar-refractivity contribution < 1.29 is 4.74 Å². The Kier molecular flexibility index (Phi) is 8.26. The molecule has 2 aromatic rings. The average molecular weight is 361 g/mol. The number of rotatable bonds is 7. The molecule has 1 heterocycles. The summed E-state index contributed by atoms with van der Waals surface area (Å²) in [6, 6.07) is 16.9. The van der Waals surface area contributed by atoms with Gasteiger partial charge in [-0.3, -0.25) is 0 Å². The maximum Gasteiger partial charge on any atom is 0.120 e. The molecule has 0 aromatic heterocycles. The monoisotopic (exact) mass is 360 g/mol. The normalized spacial score (nSPS) is 14.8. The Morgan fingerprint density at radius 3 is 2.56 bits per heavy atom. The first-order chi connectivity index (χ1) is 11.8. The van der Waals surface area contributed by atoms with Crippen LogP contribution in [0.3, 0.4) is 0 Å². The van der Waals surface area contributed by atoms with E-state index < -0.39 is 0 Å². The van der Waals surface area contributed by atoms with Crippen LogP contribution >= 0.6 is 12.4 Å². The summed E-state index contributed by atoms with van der Waals surface area (Å²) in [6.07, 6.45) is 2.57. The maximum absolute atomic E-state index is 5.93. The van der Waals surface area contributed by atoms with Gasteiger partial charge >= 0.3 is 0 Å². The first-order valence-corrected chi connectivity index (χ1v) is 8.98. The van der Waals surface area contributed by atoms with Crippen molar-refractivity contribution in [3.63, 3.8) is 0 Å². The molecule has 0 spiro atoms. The summed E-state index contributed by atoms with van der Waals surface area (Å²) in [7, 11) is 0. The highest BCUT2D eigenvalue weighted by molar-refractivity contribution is 5.85. The molecule has 2 N–H and O–H groups in total. The predicted octanol–water partition coefficient (Wildman–Crippen LogP) is 4.09. The molecule has 0 amide bonds. The number of benzene rings is 2. The van der Waals surface area contributed by atoms with E-state index in [1.165, 1.54) is 29.5 Å². The lowest BCUT2D eigenvalue weighted by Crippen LogP contribution is -2.33. The molecule has 3 nitrogen and oxygen atoms in total. The zero-order valence-electron chi connectivity index (χ0n) is 15.0. The lowest BCUT2D eigenvalue weighted by Gasteiger charge is -2.22. The van der Waals surface area contributed by atoms with Crippen molar-refractivity contribution in [1.82, 2.24) is 10.6 Å². The van der Waals surface area contributed by atoms with Crippen LogP contribution in [0, 0.1) is 12.8 Å². The Hall–Kier alpha value is -1.55. The Morgan fingerprint density at radius 2 is 1.80 bits per heavy atom. The second-order valence-electron chi connectivity index (χ2n) is 6.75. The van der Waals surface area contributed by atoms with Crippen LogP contribution < -0.4 is 15.4 Å². The van der Waals surface area contributed by atoms with E-state index in [0.29, 0.717) is 6.61 Å². The van der Waals surface area contributed by atoms with Gasteiger partial charge in [-0.05, 0) is 68.6 Å². The van der Waals surface area contributed by atoms with Gasteiger partial charge in [-0.1, -0.05) is 42.0 Å². The highest BCUT2D eigenvalue weighted by Gasteiger charge is 2.11. The largest absolute Gasteiger partial charge is 0.489 e. The summed E-state index contributed by atoms with van der Waals surface area (Å²) >= 11 is 0. The molecule has 1 aliphatic heterocycles. The lowest BCUT2D eigenvalue weighted by atomic mass is 9.98. The first-order valence-electron chi connectivity index (χ1n) is 8.98. The summed E-state index contributed by atoms with van der Waals surface area (Å²) in [5, 5.41) is 7.01. The Labute approximate surface area is 157 Å². The van der Waals surface area contributed by atoms with Crippen LogP contribution in [0.1, 0.15) is 29.5 Å². The molecule has 136 valence electrons. The van der Waals surface area contributed by atoms with Crippen LogP contribution in [-0.2, 0) is 13.2 Å². The molecule has 0 saturated carbocycles. The van der Waals surface area contributed by atoms with Gasteiger partial charge in [-0.15, -0.1) is 12.4 Å². The number of aryl methyl sites for hydroxylation is 1. The van der Waals surface area contributed by atoms with Gasteiger partial charge in [0, 0.05) is 6.54 Å². The van der Waals surface area contributed by atoms with E-state index in [0.717, 1.165) is 37.8 Å². The molecule has 0 radical (unpaired) electrons. The van der Waals surface area contributed by atoms with Crippen LogP contribution in [0.15, 0.2) is 48.5 Å². The van der Waals surface area contributed by atoms with Crippen molar-refractivity contribution in [2.45, 2.75) is 32.9 Å². The van der Waals surface area contributed by atoms with Crippen LogP contribution in [0.2, 0.25) is 0 Å². The molecule has 0 bridgehead atoms. The van der Waals surface area contributed by atoms with E-state index in [1.54, 1.807) is 0 Å². The second kappa shape index (κ2) is 10.4. The summed E-state index contributed by atoms with van der Waals surface area (Å²) in [4.78, 5) is 0. The Balaban J connectivity index is 0.00000225. The van der Waals surface area contributed by atoms with Gasteiger partial charge in [0.05, 0.1) is 0 Å². The SMILES string of the molecule is Cc1ccc(COc2cccc(CNCC3CCNCC3)c2)cc1.Cl. The molecule has 4 heteroatoms. The molecule has 3 rings (SSSR count). The quantitative estimate of drug-likeness (QED) is 0.780. The molecule has 1 saturated heterocycles. The molecule has 2 aromatic carbocycles. The standard InChI is InChI=1S/C21H28N2O.ClH/c1-17-5-7-19(8-6-17)16-24-21-4-2-3-20(13-21)15-23-14-18-9-11-22-12-10-18;/h2-8,13,18,22-23H,9-12,14-16H2,1H3;1H. The lowest BCUT2D eigenvalue weighted by molar-refractivity contribution is 0.305. The number of hydrogen-bond donors (Lipinski definition) is 2. The first kappa shape index (κ1) is 19.8. The molecule has 0 atom stereocenters. The van der Waals surface area contributed by atoms with Crippen LogP contribution in [-0.4, -0.2) is 19.6 Å². The number of halogens is 1. The molecule has 1 aliphatic rings. The Morgan fingerprint density at radius 1 is 1.04 bits per heavy atom. The second-order valence-corrected chi connectivity index (χ2v) is 6.75. The van der Waals surface area contributed by atoms with E-state index in [-0.39, 0.29) is 12.4 Å². The summed E-state index contributed by atoms with van der Waals surface area (Å²) in [6.45, 7) is 7.06. The maximum atomic E-state index is 5.93. The fourth-order valence-corrected chi connectivity index (χ4v) is 3.10. The third-order valence-electron chi connectivity index (χ3n) is 4.65. The zero-order chi connectivity index (χ0) is 16.6. The molecular weight excluding hydrogens is 332 g/mol. The summed E-state index contributed by atoms with van der Waals surface area (Å²) in [5.41, 5.74) is 3.76. The van der Waals surface area contributed by atoms with Crippen molar-refractivity contribution in [2.24, 2.45) is 5.92 Å². The fraction of sp³-hybridized carbons (Fsp3) is 0.429. The van der Waals surface area contributed by atoms with Gasteiger partial charge in [0.1, 0.15) is 12.4 Å². The van der Waals surface area contributed by atoms with Crippen molar-refractivity contribution in [3.05, 3.63) is 65.2 Å². The zero-order valence-corrected chi connectivity index (χ0v) is 15.8. The van der Waals surface area contributed by atoms with Crippen LogP contribution in [0.25, 0.3) is 0 Å². The number of nitrogens with one attached hydrogen (secondary N) is 2. The van der Waals surface area contributed by atoms with Crippen LogP contribution in [0.4, 0.5) is 0 Å². The van der Waals surface area contributed by atoms with Gasteiger partial charge in [-0.25, -0.2) is 0 Å². The average Bonchev–Trinajstić information content (AvgIpc) is 2.63. The van der Waals surface area contributed by atoms with Crippen molar-refractivity contribution in [2.75, 3.05) is 19.6 Å². The van der Waals surface area contributed by atoms with Crippen LogP contribution in [0.5, 0.6) is 5.75 Å². The topological polar surface area (TPSA) is 33.3 Å². The van der Waals surface area contributed by atoms with Gasteiger partial charge in [0.15, 0.2) is 0 Å². The van der Waals surface area contributed by atoms with E-state index in [4.69, 9.17) is 4.74 Å². The molecule has 25 heavy (non-hydrogen) atoms. The number of hydrogen-bond acceptors (Lipinski definition) is 3. The smallest absolute Gasteiger partial charge is 0.120 e. The van der Waals surface area contributed by atoms with Gasteiger partial charge < -0.3 is 15.4 Å². The number of ether oxygens (including phenoxy) is 1. The van der Waals surface area contributed by atoms with E-state index >= 15 is 0 Å². The Bertz CT molecular complexity index is 624.